The SMILES string of the molecule is C[C@@H]1[C@@H]([Si](C)(C)F)[C@H](CC(=O)N(CCO)Cc2ccccc2)O[C@@]12C(=O)N(Cc1ccc(NC(=O)C3CCCNC3)cc1)c1ccc([N+](=O)[O-])cc12. The van der Waals surface area contributed by atoms with Gasteiger partial charge in [0.2, 0.25) is 20.2 Å². The van der Waals surface area contributed by atoms with E-state index in [1.165, 1.54) is 41.1 Å². The number of non-ortho nitro benzene ring substituents is 1. The summed E-state index contributed by atoms with van der Waals surface area (Å²) in [5.41, 5.74) is 0.110. The average Bonchev–Trinajstić information content (AvgIpc) is 3.55. The first-order valence-electron chi connectivity index (χ1n) is 17.8. The molecular weight excluding hydrogens is 686 g/mol. The van der Waals surface area contributed by atoms with Gasteiger partial charge in [-0.2, -0.15) is 0 Å². The molecule has 6 rings (SSSR count). The minimum atomic E-state index is -3.64. The van der Waals surface area contributed by atoms with Crippen LogP contribution >= 0.6 is 0 Å². The van der Waals surface area contributed by atoms with Gasteiger partial charge in [0.1, 0.15) is 0 Å². The maximum atomic E-state index is 16.4. The third-order valence-corrected chi connectivity index (χ3v) is 13.2. The highest BCUT2D eigenvalue weighted by Crippen LogP contribution is 2.60. The number of amides is 3. The summed E-state index contributed by atoms with van der Waals surface area (Å²) in [6.07, 6.45) is 0.532. The number of aliphatic hydroxyl groups excluding tert-OH is 1. The third kappa shape index (κ3) is 7.38. The summed E-state index contributed by atoms with van der Waals surface area (Å²) in [5, 5.41) is 28.0. The molecule has 1 spiro atoms. The lowest BCUT2D eigenvalue weighted by Gasteiger charge is -2.31. The van der Waals surface area contributed by atoms with Gasteiger partial charge in [-0.1, -0.05) is 49.4 Å². The van der Waals surface area contributed by atoms with Crippen LogP contribution in [0.2, 0.25) is 18.6 Å². The lowest BCUT2D eigenvalue weighted by atomic mass is 9.82. The van der Waals surface area contributed by atoms with Crippen molar-refractivity contribution >= 4 is 43.2 Å². The minimum Gasteiger partial charge on any atom is -0.395 e. The Morgan fingerprint density at radius 2 is 1.87 bits per heavy atom. The smallest absolute Gasteiger partial charge is 0.269 e. The average molecular weight is 732 g/mol. The van der Waals surface area contributed by atoms with Crippen LogP contribution in [0.15, 0.2) is 72.8 Å². The van der Waals surface area contributed by atoms with E-state index in [4.69, 9.17) is 4.74 Å². The van der Waals surface area contributed by atoms with Crippen LogP contribution in [-0.2, 0) is 37.8 Å². The van der Waals surface area contributed by atoms with E-state index in [1.807, 2.05) is 30.3 Å². The first-order chi connectivity index (χ1) is 24.8. The lowest BCUT2D eigenvalue weighted by molar-refractivity contribution is -0.385. The van der Waals surface area contributed by atoms with Crippen molar-refractivity contribution in [3.05, 3.63) is 99.6 Å². The van der Waals surface area contributed by atoms with Crippen LogP contribution in [0.1, 0.15) is 42.9 Å². The van der Waals surface area contributed by atoms with Crippen molar-refractivity contribution in [3.63, 3.8) is 0 Å². The number of nitrogens with zero attached hydrogens (tertiary/aromatic N) is 3. The van der Waals surface area contributed by atoms with Gasteiger partial charge in [-0.15, -0.1) is 0 Å². The molecule has 2 fully saturated rings. The van der Waals surface area contributed by atoms with Crippen molar-refractivity contribution < 1.29 is 33.3 Å². The van der Waals surface area contributed by atoms with Gasteiger partial charge < -0.3 is 34.4 Å². The molecule has 276 valence electrons. The second-order valence-corrected chi connectivity index (χ2v) is 18.4. The van der Waals surface area contributed by atoms with Crippen LogP contribution in [0.5, 0.6) is 0 Å². The predicted octanol–water partition coefficient (Wildman–Crippen LogP) is 5.27. The molecule has 1 unspecified atom stereocenters. The van der Waals surface area contributed by atoms with Crippen molar-refractivity contribution in [1.82, 2.24) is 10.2 Å². The molecule has 52 heavy (non-hydrogen) atoms. The summed E-state index contributed by atoms with van der Waals surface area (Å²) in [7, 11) is -3.64. The Morgan fingerprint density at radius 1 is 1.13 bits per heavy atom. The molecule has 3 aliphatic rings. The Bertz CT molecular complexity index is 1800. The first kappa shape index (κ1) is 37.3. The molecule has 3 aromatic rings. The zero-order valence-corrected chi connectivity index (χ0v) is 30.7. The highest BCUT2D eigenvalue weighted by Gasteiger charge is 2.67. The van der Waals surface area contributed by atoms with Crippen LogP contribution < -0.4 is 15.5 Å². The van der Waals surface area contributed by atoms with Crippen LogP contribution in [0.25, 0.3) is 0 Å². The van der Waals surface area contributed by atoms with Crippen molar-refractivity contribution in [1.29, 1.82) is 0 Å². The van der Waals surface area contributed by atoms with Crippen molar-refractivity contribution in [2.45, 2.75) is 69.6 Å². The van der Waals surface area contributed by atoms with E-state index in [0.29, 0.717) is 17.9 Å². The number of hydrogen-bond donors (Lipinski definition) is 3. The van der Waals surface area contributed by atoms with Crippen LogP contribution in [0, 0.1) is 22.0 Å². The number of nitro benzene ring substituents is 1. The van der Waals surface area contributed by atoms with Gasteiger partial charge in [0.05, 0.1) is 42.2 Å². The number of carbonyl (C=O) groups excluding carboxylic acids is 3. The standard InChI is InChI=1S/C38H46FN5O7Si/c1-25-35(52(2,3)39)33(21-34(46)42(18-19-45)23-26-8-5-4-6-9-26)51-38(25)31-20-30(44(49)50)15-16-32(31)43(37(38)48)24-27-11-13-29(14-12-27)41-36(47)28-10-7-17-40-22-28/h4-6,8-9,11-16,20,25,28,33,35,40,45H,7,10,17-19,21-24H2,1-3H3,(H,41,47)/t25-,28?,33+,35-,38+/m1/s1. The summed E-state index contributed by atoms with van der Waals surface area (Å²) >= 11 is 0. The second-order valence-electron chi connectivity index (χ2n) is 14.6. The van der Waals surface area contributed by atoms with Crippen LogP contribution in [0.3, 0.4) is 0 Å². The molecule has 0 aliphatic carbocycles. The van der Waals surface area contributed by atoms with Gasteiger partial charge in [0.15, 0.2) is 5.60 Å². The van der Waals surface area contributed by atoms with E-state index in [1.54, 1.807) is 31.2 Å². The fraction of sp³-hybridized carbons (Fsp3) is 0.447. The molecule has 14 heteroatoms. The molecule has 2 saturated heterocycles. The second kappa shape index (κ2) is 15.2. The molecule has 0 saturated carbocycles. The Balaban J connectivity index is 1.29. The fourth-order valence-corrected chi connectivity index (χ4v) is 10.7. The largest absolute Gasteiger partial charge is 0.395 e. The highest BCUT2D eigenvalue weighted by atomic mass is 28.4. The summed E-state index contributed by atoms with van der Waals surface area (Å²) in [6, 6.07) is 20.7. The number of piperidine rings is 1. The quantitative estimate of drug-likeness (QED) is 0.0987. The van der Waals surface area contributed by atoms with Crippen molar-refractivity contribution in [2.24, 2.45) is 11.8 Å². The van der Waals surface area contributed by atoms with Crippen molar-refractivity contribution in [2.75, 3.05) is 36.5 Å². The number of ether oxygens (including phenoxy) is 1. The summed E-state index contributed by atoms with van der Waals surface area (Å²) < 4.78 is 23.1. The molecule has 0 radical (unpaired) electrons. The zero-order valence-electron chi connectivity index (χ0n) is 29.7. The van der Waals surface area contributed by atoms with E-state index >= 15 is 4.11 Å². The maximum absolute atomic E-state index is 16.4. The topological polar surface area (TPSA) is 154 Å². The number of benzene rings is 3. The van der Waals surface area contributed by atoms with E-state index in [-0.39, 0.29) is 61.6 Å². The molecule has 3 amide bonds. The first-order valence-corrected chi connectivity index (χ1v) is 20.8. The van der Waals surface area contributed by atoms with Gasteiger partial charge in [-0.05, 0) is 61.8 Å². The number of nitrogens with one attached hydrogen (secondary N) is 2. The molecule has 3 aliphatic heterocycles. The molecule has 3 aromatic carbocycles. The summed E-state index contributed by atoms with van der Waals surface area (Å²) in [4.78, 5) is 55.9. The van der Waals surface area contributed by atoms with E-state index < -0.39 is 42.4 Å². The van der Waals surface area contributed by atoms with Gasteiger partial charge >= 0.3 is 0 Å². The number of anilines is 2. The number of nitro groups is 1. The van der Waals surface area contributed by atoms with E-state index in [2.05, 4.69) is 10.6 Å². The summed E-state index contributed by atoms with van der Waals surface area (Å²) in [5.74, 6) is -1.76. The maximum Gasteiger partial charge on any atom is 0.269 e. The Kier molecular flexibility index (Phi) is 10.9. The van der Waals surface area contributed by atoms with Gasteiger partial charge in [0.25, 0.3) is 11.6 Å². The Hall–Kier alpha value is -4.50. The Labute approximate surface area is 303 Å². The van der Waals surface area contributed by atoms with Gasteiger partial charge in [-0.25, -0.2) is 0 Å². The van der Waals surface area contributed by atoms with E-state index in [0.717, 1.165) is 30.5 Å². The fourth-order valence-electron chi connectivity index (χ4n) is 8.22. The van der Waals surface area contributed by atoms with Crippen LogP contribution in [-0.4, -0.2) is 73.4 Å². The van der Waals surface area contributed by atoms with Crippen LogP contribution in [0.4, 0.5) is 21.2 Å². The monoisotopic (exact) mass is 731 g/mol. The van der Waals surface area contributed by atoms with Crippen molar-refractivity contribution in [3.8, 4) is 0 Å². The molecule has 0 aromatic heterocycles. The molecule has 12 nitrogen and oxygen atoms in total. The Morgan fingerprint density at radius 3 is 2.50 bits per heavy atom. The minimum absolute atomic E-state index is 0.0546. The predicted molar refractivity (Wildman–Crippen MR) is 197 cm³/mol. The highest BCUT2D eigenvalue weighted by molar-refractivity contribution is 6.72. The number of fused-ring (bicyclic) bond motifs is 2. The van der Waals surface area contributed by atoms with Gasteiger partial charge in [-0.3, -0.25) is 24.5 Å². The number of halogens is 1. The molecule has 0 bridgehead atoms. The molecule has 3 heterocycles. The number of carbonyl (C=O) groups is 3. The normalized spacial score (nSPS) is 24.2. The molecule has 5 atom stereocenters. The molecular formula is C38H46FN5O7Si. The molecule has 3 N–H and O–H groups in total. The third-order valence-electron chi connectivity index (χ3n) is 10.7. The van der Waals surface area contributed by atoms with E-state index in [9.17, 15) is 29.6 Å². The number of hydrogen-bond acceptors (Lipinski definition) is 8. The number of aliphatic hydroxyl groups is 1. The lowest BCUT2D eigenvalue weighted by Crippen LogP contribution is -2.45. The zero-order chi connectivity index (χ0) is 37.2. The summed E-state index contributed by atoms with van der Waals surface area (Å²) in [6.45, 7) is 6.44. The van der Waals surface area contributed by atoms with Gasteiger partial charge in [0, 0.05) is 54.5 Å². The number of rotatable bonds is 12.